The summed E-state index contributed by atoms with van der Waals surface area (Å²) in [4.78, 5) is 61.0. The number of rotatable bonds is 2. The Morgan fingerprint density at radius 1 is 1.00 bits per heavy atom. The maximum atomic E-state index is 12.8. The minimum Gasteiger partial charge on any atom is -0.299 e. The molecule has 1 aliphatic heterocycles. The van der Waals surface area contributed by atoms with Crippen molar-refractivity contribution in [1.29, 1.82) is 0 Å². The monoisotopic (exact) mass is 362 g/mol. The first-order valence-electron chi connectivity index (χ1n) is 7.68. The summed E-state index contributed by atoms with van der Waals surface area (Å²) in [5, 5.41) is 10.9. The van der Waals surface area contributed by atoms with E-state index in [2.05, 4.69) is 0 Å². The number of imide groups is 1. The Morgan fingerprint density at radius 3 is 2.00 bits per heavy atom. The number of nitro groups is 1. The largest absolute Gasteiger partial charge is 0.299 e. The van der Waals surface area contributed by atoms with Crippen LogP contribution in [0, 0.1) is 33.8 Å². The van der Waals surface area contributed by atoms with Crippen molar-refractivity contribution in [1.82, 2.24) is 0 Å². The summed E-state index contributed by atoms with van der Waals surface area (Å²) in [5.41, 5.74) is -0.399. The van der Waals surface area contributed by atoms with Crippen molar-refractivity contribution < 1.29 is 24.1 Å². The van der Waals surface area contributed by atoms with E-state index in [1.165, 1.54) is 12.1 Å². The summed E-state index contributed by atoms with van der Waals surface area (Å²) in [7, 11) is 0. The van der Waals surface area contributed by atoms with E-state index in [-0.39, 0.29) is 35.1 Å². The summed E-state index contributed by atoms with van der Waals surface area (Å²) < 4.78 is 0. The summed E-state index contributed by atoms with van der Waals surface area (Å²) in [6.45, 7) is 0. The molecule has 1 heterocycles. The predicted molar refractivity (Wildman–Crippen MR) is 83.8 cm³/mol. The number of amides is 2. The molecule has 0 N–H and O–H groups in total. The molecular formula is C16H11ClN2O6. The molecule has 2 bridgehead atoms. The lowest BCUT2D eigenvalue weighted by Gasteiger charge is -2.40. The second-order valence-corrected chi connectivity index (χ2v) is 6.92. The lowest BCUT2D eigenvalue weighted by molar-refractivity contribution is -0.384. The number of anilines is 1. The number of nitrogens with zero attached hydrogens (tertiary/aromatic N) is 2. The molecule has 4 atom stereocenters. The van der Waals surface area contributed by atoms with Gasteiger partial charge in [-0.25, -0.2) is 4.90 Å². The van der Waals surface area contributed by atoms with E-state index in [4.69, 9.17) is 11.6 Å². The fourth-order valence-corrected chi connectivity index (χ4v) is 4.40. The van der Waals surface area contributed by atoms with Gasteiger partial charge in [0.2, 0.25) is 11.8 Å². The molecule has 128 valence electrons. The molecule has 1 saturated heterocycles. The van der Waals surface area contributed by atoms with E-state index >= 15 is 0 Å². The first-order chi connectivity index (χ1) is 11.8. The summed E-state index contributed by atoms with van der Waals surface area (Å²) in [6, 6.07) is 3.64. The number of fused-ring (bicyclic) bond motifs is 2. The highest BCUT2D eigenvalue weighted by Crippen LogP contribution is 2.51. The molecule has 0 aromatic heterocycles. The Hall–Kier alpha value is -2.61. The van der Waals surface area contributed by atoms with Crippen LogP contribution in [0.15, 0.2) is 18.2 Å². The van der Waals surface area contributed by atoms with E-state index in [9.17, 15) is 29.3 Å². The number of carbonyl (C=O) groups excluding carboxylic acids is 4. The molecule has 0 spiro atoms. The molecule has 8 nitrogen and oxygen atoms in total. The van der Waals surface area contributed by atoms with Gasteiger partial charge in [0.15, 0.2) is 0 Å². The van der Waals surface area contributed by atoms with Crippen LogP contribution in [0.4, 0.5) is 11.4 Å². The van der Waals surface area contributed by atoms with E-state index in [1.807, 2.05) is 0 Å². The quantitative estimate of drug-likeness (QED) is 0.447. The molecule has 1 aromatic carbocycles. The van der Waals surface area contributed by atoms with Gasteiger partial charge in [-0.05, 0) is 12.1 Å². The van der Waals surface area contributed by atoms with Crippen molar-refractivity contribution in [3.63, 3.8) is 0 Å². The molecular weight excluding hydrogens is 352 g/mol. The topological polar surface area (TPSA) is 115 Å². The van der Waals surface area contributed by atoms with Gasteiger partial charge < -0.3 is 0 Å². The minimum atomic E-state index is -0.855. The van der Waals surface area contributed by atoms with Gasteiger partial charge in [-0.1, -0.05) is 11.6 Å². The highest BCUT2D eigenvalue weighted by Gasteiger charge is 2.63. The van der Waals surface area contributed by atoms with Crippen LogP contribution in [0.2, 0.25) is 5.02 Å². The third-order valence-corrected chi connectivity index (χ3v) is 5.64. The maximum absolute atomic E-state index is 12.8. The zero-order valence-corrected chi connectivity index (χ0v) is 13.4. The zero-order chi connectivity index (χ0) is 18.0. The van der Waals surface area contributed by atoms with E-state index < -0.39 is 46.1 Å². The summed E-state index contributed by atoms with van der Waals surface area (Å²) in [5.74, 6) is -4.76. The number of carbonyl (C=O) groups is 4. The third kappa shape index (κ3) is 2.07. The van der Waals surface area contributed by atoms with Gasteiger partial charge >= 0.3 is 0 Å². The minimum absolute atomic E-state index is 0.0156. The van der Waals surface area contributed by atoms with Crippen molar-refractivity contribution in [2.75, 3.05) is 4.90 Å². The summed E-state index contributed by atoms with van der Waals surface area (Å²) >= 11 is 5.77. The van der Waals surface area contributed by atoms with Crippen molar-refractivity contribution >= 4 is 46.4 Å². The van der Waals surface area contributed by atoms with Crippen LogP contribution in [-0.4, -0.2) is 28.3 Å². The first-order valence-corrected chi connectivity index (χ1v) is 8.06. The Bertz CT molecular complexity index is 841. The average Bonchev–Trinajstić information content (AvgIpc) is 2.82. The lowest BCUT2D eigenvalue weighted by Crippen LogP contribution is -2.51. The molecule has 4 fully saturated rings. The number of halogens is 1. The summed E-state index contributed by atoms with van der Waals surface area (Å²) in [6.07, 6.45) is -0.0312. The average molecular weight is 363 g/mol. The molecule has 4 aliphatic rings. The second kappa shape index (κ2) is 5.19. The first kappa shape index (κ1) is 15.9. The van der Waals surface area contributed by atoms with Gasteiger partial charge in [0.1, 0.15) is 16.6 Å². The molecule has 0 unspecified atom stereocenters. The van der Waals surface area contributed by atoms with Crippen molar-refractivity contribution in [3.8, 4) is 0 Å². The third-order valence-electron chi connectivity index (χ3n) is 5.32. The zero-order valence-electron chi connectivity index (χ0n) is 12.7. The van der Waals surface area contributed by atoms with Crippen molar-refractivity contribution in [2.24, 2.45) is 23.7 Å². The fourth-order valence-electron chi connectivity index (χ4n) is 4.21. The number of nitro benzene ring substituents is 1. The number of hydrogen-bond acceptors (Lipinski definition) is 6. The molecule has 5 rings (SSSR count). The maximum Gasteiger partial charge on any atom is 0.289 e. The molecule has 3 aliphatic carbocycles. The lowest BCUT2D eigenvalue weighted by atomic mass is 9.58. The fraction of sp³-hybridized carbons (Fsp3) is 0.375. The van der Waals surface area contributed by atoms with Crippen LogP contribution < -0.4 is 4.90 Å². The highest BCUT2D eigenvalue weighted by atomic mass is 35.5. The van der Waals surface area contributed by atoms with E-state index in [0.717, 1.165) is 11.0 Å². The molecule has 25 heavy (non-hydrogen) atoms. The molecule has 3 saturated carbocycles. The van der Waals surface area contributed by atoms with Gasteiger partial charge in [-0.15, -0.1) is 0 Å². The van der Waals surface area contributed by atoms with Gasteiger partial charge in [0, 0.05) is 30.7 Å². The number of benzene rings is 1. The normalized spacial score (nSPS) is 30.8. The standard InChI is InChI=1S/C16H11ClN2O6/c17-9-2-1-6(3-10(9)19(24)25)18-15(22)13-7-4-11(20)8(5-12(7)21)14(13)16(18)23/h1-3,7-8,13-14H,4-5H2/t7-,8+,13+,14-. The molecule has 0 radical (unpaired) electrons. The second-order valence-electron chi connectivity index (χ2n) is 6.51. The smallest absolute Gasteiger partial charge is 0.289 e. The van der Waals surface area contributed by atoms with Gasteiger partial charge in [0.25, 0.3) is 5.69 Å². The Kier molecular flexibility index (Phi) is 3.30. The van der Waals surface area contributed by atoms with Gasteiger partial charge in [-0.2, -0.15) is 0 Å². The van der Waals surface area contributed by atoms with Crippen LogP contribution in [0.25, 0.3) is 0 Å². The van der Waals surface area contributed by atoms with Crippen LogP contribution in [0.5, 0.6) is 0 Å². The molecule has 2 amide bonds. The van der Waals surface area contributed by atoms with Gasteiger partial charge in [-0.3, -0.25) is 29.3 Å². The van der Waals surface area contributed by atoms with E-state index in [1.54, 1.807) is 0 Å². The van der Waals surface area contributed by atoms with Crippen molar-refractivity contribution in [3.05, 3.63) is 33.3 Å². The van der Waals surface area contributed by atoms with Gasteiger partial charge in [0.05, 0.1) is 22.4 Å². The SMILES string of the molecule is O=C1C[C@H]2C(=O)C[C@H]1[C@@H]1C(=O)N(c3ccc(Cl)c([N+](=O)[O-])c3)C(=O)[C@@H]12. The highest BCUT2D eigenvalue weighted by molar-refractivity contribution is 6.33. The van der Waals surface area contributed by atoms with Crippen molar-refractivity contribution in [2.45, 2.75) is 12.8 Å². The Balaban J connectivity index is 1.79. The van der Waals surface area contributed by atoms with Crippen LogP contribution in [0.1, 0.15) is 12.8 Å². The molecule has 9 heteroatoms. The predicted octanol–water partition coefficient (Wildman–Crippen LogP) is 1.53. The van der Waals surface area contributed by atoms with Crippen LogP contribution >= 0.6 is 11.6 Å². The number of ketones is 2. The van der Waals surface area contributed by atoms with Crippen LogP contribution in [0.3, 0.4) is 0 Å². The van der Waals surface area contributed by atoms with E-state index in [0.29, 0.717) is 0 Å². The number of Topliss-reactive ketones (excluding diaryl/α,β-unsaturated/α-hetero) is 2. The Morgan fingerprint density at radius 2 is 1.52 bits per heavy atom. The Labute approximate surface area is 145 Å². The molecule has 1 aromatic rings. The van der Waals surface area contributed by atoms with Crippen LogP contribution in [-0.2, 0) is 19.2 Å². The number of hydrogen-bond donors (Lipinski definition) is 0.